The van der Waals surface area contributed by atoms with Crippen LogP contribution < -0.4 is 10.6 Å². The van der Waals surface area contributed by atoms with Crippen LogP contribution in [0.25, 0.3) is 0 Å². The predicted octanol–water partition coefficient (Wildman–Crippen LogP) is 3.58. The molecule has 2 atom stereocenters. The summed E-state index contributed by atoms with van der Waals surface area (Å²) < 4.78 is 26.9. The molecule has 2 aromatic rings. The second kappa shape index (κ2) is 7.43. The summed E-state index contributed by atoms with van der Waals surface area (Å²) in [5, 5.41) is 6.52. The molecule has 0 heterocycles. The average Bonchev–Trinajstić information content (AvgIpc) is 3.36. The summed E-state index contributed by atoms with van der Waals surface area (Å²) in [6.45, 7) is 2.78. The minimum Gasteiger partial charge on any atom is -0.357 e. The fraction of sp³-hybridized carbons (Fsp3) is 0.316. The Morgan fingerprint density at radius 1 is 1.17 bits per heavy atom. The minimum atomic E-state index is -0.453. The highest BCUT2D eigenvalue weighted by atomic mass is 19.1. The molecule has 2 unspecified atom stereocenters. The van der Waals surface area contributed by atoms with Crippen molar-refractivity contribution in [1.29, 1.82) is 0 Å². The van der Waals surface area contributed by atoms with E-state index in [1.165, 1.54) is 11.6 Å². The van der Waals surface area contributed by atoms with E-state index in [0.717, 1.165) is 18.6 Å². The van der Waals surface area contributed by atoms with E-state index >= 15 is 0 Å². The van der Waals surface area contributed by atoms with Crippen LogP contribution in [0.15, 0.2) is 53.5 Å². The number of rotatable bonds is 5. The van der Waals surface area contributed by atoms with Gasteiger partial charge >= 0.3 is 0 Å². The van der Waals surface area contributed by atoms with Crippen LogP contribution in [0.2, 0.25) is 0 Å². The van der Waals surface area contributed by atoms with Crippen LogP contribution in [-0.2, 0) is 6.54 Å². The Bertz CT molecular complexity index is 716. The number of benzene rings is 2. The van der Waals surface area contributed by atoms with Crippen molar-refractivity contribution in [1.82, 2.24) is 10.6 Å². The van der Waals surface area contributed by atoms with Crippen LogP contribution in [0.1, 0.15) is 30.4 Å². The minimum absolute atomic E-state index is 0.0989. The maximum absolute atomic E-state index is 13.7. The van der Waals surface area contributed by atoms with Gasteiger partial charge in [-0.15, -0.1) is 0 Å². The van der Waals surface area contributed by atoms with Gasteiger partial charge in [-0.25, -0.2) is 13.8 Å². The third kappa shape index (κ3) is 4.10. The van der Waals surface area contributed by atoms with Gasteiger partial charge in [-0.3, -0.25) is 0 Å². The molecule has 1 aliphatic carbocycles. The lowest BCUT2D eigenvalue weighted by atomic mass is 10.1. The first-order chi connectivity index (χ1) is 11.7. The third-order valence-corrected chi connectivity index (χ3v) is 4.10. The largest absolute Gasteiger partial charge is 0.357 e. The molecule has 0 aromatic heterocycles. The van der Waals surface area contributed by atoms with Crippen molar-refractivity contribution in [3.63, 3.8) is 0 Å². The van der Waals surface area contributed by atoms with Gasteiger partial charge < -0.3 is 10.6 Å². The zero-order valence-electron chi connectivity index (χ0n) is 13.6. The number of aliphatic imine (C=N–C) groups is 1. The van der Waals surface area contributed by atoms with Crippen LogP contribution in [0.5, 0.6) is 0 Å². The lowest BCUT2D eigenvalue weighted by molar-refractivity contribution is 0.585. The van der Waals surface area contributed by atoms with E-state index in [9.17, 15) is 8.78 Å². The Balaban J connectivity index is 1.64. The zero-order valence-corrected chi connectivity index (χ0v) is 13.6. The summed E-state index contributed by atoms with van der Waals surface area (Å²) in [7, 11) is 0. The zero-order chi connectivity index (χ0) is 16.9. The van der Waals surface area contributed by atoms with E-state index in [1.54, 1.807) is 0 Å². The molecule has 0 spiro atoms. The van der Waals surface area contributed by atoms with Crippen LogP contribution in [0.3, 0.4) is 0 Å². The van der Waals surface area contributed by atoms with Gasteiger partial charge in [0, 0.05) is 24.1 Å². The Morgan fingerprint density at radius 2 is 1.96 bits per heavy atom. The molecular weight excluding hydrogens is 308 g/mol. The van der Waals surface area contributed by atoms with Gasteiger partial charge in [-0.2, -0.15) is 0 Å². The second-order valence-electron chi connectivity index (χ2n) is 5.93. The first kappa shape index (κ1) is 16.4. The molecule has 0 amide bonds. The van der Waals surface area contributed by atoms with Gasteiger partial charge in [0.1, 0.15) is 11.6 Å². The van der Waals surface area contributed by atoms with E-state index < -0.39 is 11.6 Å². The highest BCUT2D eigenvalue weighted by Gasteiger charge is 2.38. The monoisotopic (exact) mass is 329 g/mol. The fourth-order valence-corrected chi connectivity index (χ4v) is 2.75. The number of hydrogen-bond acceptors (Lipinski definition) is 1. The van der Waals surface area contributed by atoms with Crippen LogP contribution in [0, 0.1) is 11.6 Å². The van der Waals surface area contributed by atoms with Crippen LogP contribution in [-0.4, -0.2) is 18.5 Å². The topological polar surface area (TPSA) is 36.4 Å². The maximum Gasteiger partial charge on any atom is 0.191 e. The third-order valence-electron chi connectivity index (χ3n) is 4.10. The summed E-state index contributed by atoms with van der Waals surface area (Å²) in [6, 6.07) is 14.1. The summed E-state index contributed by atoms with van der Waals surface area (Å²) in [5.74, 6) is 0.209. The van der Waals surface area contributed by atoms with E-state index in [0.29, 0.717) is 24.5 Å². The van der Waals surface area contributed by atoms with Crippen molar-refractivity contribution in [3.8, 4) is 0 Å². The van der Waals surface area contributed by atoms with Gasteiger partial charge in [0.05, 0.1) is 6.54 Å². The van der Waals surface area contributed by atoms with Gasteiger partial charge in [0.25, 0.3) is 0 Å². The number of nitrogens with zero attached hydrogens (tertiary/aromatic N) is 1. The predicted molar refractivity (Wildman–Crippen MR) is 91.9 cm³/mol. The van der Waals surface area contributed by atoms with E-state index in [4.69, 9.17) is 0 Å². The summed E-state index contributed by atoms with van der Waals surface area (Å²) in [4.78, 5) is 4.38. The van der Waals surface area contributed by atoms with E-state index in [2.05, 4.69) is 27.8 Å². The van der Waals surface area contributed by atoms with Crippen molar-refractivity contribution in [2.45, 2.75) is 31.8 Å². The molecule has 2 N–H and O–H groups in total. The smallest absolute Gasteiger partial charge is 0.191 e. The number of halogens is 2. The lowest BCUT2D eigenvalue weighted by Gasteiger charge is -2.11. The standard InChI is InChI=1S/C19H21F2N3/c1-2-22-19(23-12-14-10-15(20)8-9-17(14)21)24-18-11-16(18)13-6-4-3-5-7-13/h3-10,16,18H,2,11-12H2,1H3,(H2,22,23,24). The first-order valence-electron chi connectivity index (χ1n) is 8.21. The number of guanidine groups is 1. The Hall–Kier alpha value is -2.43. The molecule has 3 rings (SSSR count). The summed E-state index contributed by atoms with van der Waals surface area (Å²) >= 11 is 0. The Morgan fingerprint density at radius 3 is 2.71 bits per heavy atom. The van der Waals surface area contributed by atoms with Crippen molar-refractivity contribution in [2.24, 2.45) is 4.99 Å². The SMILES string of the molecule is CCNC(=NCc1cc(F)ccc1F)NC1CC1c1ccccc1. The highest BCUT2D eigenvalue weighted by Crippen LogP contribution is 2.40. The van der Waals surface area contributed by atoms with E-state index in [-0.39, 0.29) is 12.1 Å². The molecule has 5 heteroatoms. The summed E-state index contributed by atoms with van der Waals surface area (Å²) in [6.07, 6.45) is 1.04. The molecule has 0 bridgehead atoms. The number of nitrogens with one attached hydrogen (secondary N) is 2. The first-order valence-corrected chi connectivity index (χ1v) is 8.21. The molecule has 0 saturated heterocycles. The normalized spacial score (nSPS) is 19.9. The Kier molecular flexibility index (Phi) is 5.08. The van der Waals surface area contributed by atoms with Gasteiger partial charge in [0.2, 0.25) is 0 Å². The van der Waals surface area contributed by atoms with Crippen molar-refractivity contribution >= 4 is 5.96 Å². The molecule has 0 aliphatic heterocycles. The lowest BCUT2D eigenvalue weighted by Crippen LogP contribution is -2.39. The molecule has 1 fully saturated rings. The summed E-state index contributed by atoms with van der Waals surface area (Å²) in [5.41, 5.74) is 1.56. The van der Waals surface area contributed by atoms with Crippen molar-refractivity contribution < 1.29 is 8.78 Å². The second-order valence-corrected chi connectivity index (χ2v) is 5.93. The molecule has 2 aromatic carbocycles. The molecular formula is C19H21F2N3. The quantitative estimate of drug-likeness (QED) is 0.650. The molecule has 126 valence electrons. The average molecular weight is 329 g/mol. The maximum atomic E-state index is 13.7. The Labute approximate surface area is 140 Å². The van der Waals surface area contributed by atoms with Crippen LogP contribution in [0.4, 0.5) is 8.78 Å². The van der Waals surface area contributed by atoms with Crippen molar-refractivity contribution in [2.75, 3.05) is 6.54 Å². The van der Waals surface area contributed by atoms with Gasteiger partial charge in [-0.1, -0.05) is 30.3 Å². The van der Waals surface area contributed by atoms with Crippen molar-refractivity contribution in [3.05, 3.63) is 71.3 Å². The highest BCUT2D eigenvalue weighted by molar-refractivity contribution is 5.80. The van der Waals surface area contributed by atoms with Gasteiger partial charge in [0.15, 0.2) is 5.96 Å². The molecule has 3 nitrogen and oxygen atoms in total. The van der Waals surface area contributed by atoms with Gasteiger partial charge in [-0.05, 0) is 37.1 Å². The van der Waals surface area contributed by atoms with E-state index in [1.807, 2.05) is 25.1 Å². The molecule has 0 radical (unpaired) electrons. The van der Waals surface area contributed by atoms with Crippen LogP contribution >= 0.6 is 0 Å². The fourth-order valence-electron chi connectivity index (χ4n) is 2.75. The molecule has 1 saturated carbocycles. The molecule has 24 heavy (non-hydrogen) atoms. The molecule has 1 aliphatic rings. The number of hydrogen-bond donors (Lipinski definition) is 2.